The molecule has 0 bridgehead atoms. The second-order valence-corrected chi connectivity index (χ2v) is 8.74. The largest absolute Gasteiger partial charge is 0.494 e. The quantitative estimate of drug-likeness (QED) is 0.184. The highest BCUT2D eigenvalue weighted by Crippen LogP contribution is 2.36. The topological polar surface area (TPSA) is 125 Å². The number of carbonyl (C=O) groups is 2. The van der Waals surface area contributed by atoms with E-state index in [0.29, 0.717) is 11.3 Å². The molecule has 158 valence electrons. The molecule has 0 aliphatic carbocycles. The standard InChI is InChI=1S/C19H23BN4O5S/c1-18(2)19(3,4)29-20(28-18)12-6-7-13(21)11(8-12)10-22-24-17-23-16(26)14(30-17)9-15(25)27-5/h6-10H,21H2,1-5H3,(H,23,24,26)/b14-9+,22-10?. The number of carbonyl (C=O) groups excluding carboxylic acids is 2. The van der Waals surface area contributed by atoms with Gasteiger partial charge in [0.2, 0.25) is 0 Å². The van der Waals surface area contributed by atoms with Crippen LogP contribution in [-0.4, -0.2) is 48.7 Å². The van der Waals surface area contributed by atoms with E-state index < -0.39 is 30.2 Å². The van der Waals surface area contributed by atoms with Gasteiger partial charge in [0.25, 0.3) is 5.91 Å². The van der Waals surface area contributed by atoms with Gasteiger partial charge in [-0.15, -0.1) is 5.10 Å². The van der Waals surface area contributed by atoms with Crippen molar-refractivity contribution in [2.24, 2.45) is 10.2 Å². The Morgan fingerprint density at radius 1 is 1.27 bits per heavy atom. The maximum absolute atomic E-state index is 11.8. The van der Waals surface area contributed by atoms with Gasteiger partial charge >= 0.3 is 13.1 Å². The van der Waals surface area contributed by atoms with Crippen LogP contribution in [0.5, 0.6) is 0 Å². The van der Waals surface area contributed by atoms with E-state index >= 15 is 0 Å². The number of amides is 1. The van der Waals surface area contributed by atoms with Crippen molar-refractivity contribution >= 4 is 53.3 Å². The van der Waals surface area contributed by atoms with Crippen LogP contribution in [0.15, 0.2) is 39.4 Å². The molecule has 2 aliphatic rings. The fourth-order valence-electron chi connectivity index (χ4n) is 2.62. The number of ether oxygens (including phenoxy) is 1. The number of hydrogen-bond donors (Lipinski definition) is 2. The molecule has 9 nitrogen and oxygen atoms in total. The van der Waals surface area contributed by atoms with Gasteiger partial charge in [-0.1, -0.05) is 12.1 Å². The van der Waals surface area contributed by atoms with E-state index in [1.165, 1.54) is 13.3 Å². The molecule has 3 rings (SSSR count). The van der Waals surface area contributed by atoms with E-state index in [1.807, 2.05) is 39.8 Å². The maximum atomic E-state index is 11.8. The zero-order chi connectivity index (χ0) is 22.1. The monoisotopic (exact) mass is 430 g/mol. The van der Waals surface area contributed by atoms with E-state index in [1.54, 1.807) is 6.07 Å². The van der Waals surface area contributed by atoms with Crippen LogP contribution in [0.3, 0.4) is 0 Å². The summed E-state index contributed by atoms with van der Waals surface area (Å²) in [5.74, 6) is -1.06. The third-order valence-corrected chi connectivity index (χ3v) is 5.98. The summed E-state index contributed by atoms with van der Waals surface area (Å²) in [6.45, 7) is 7.94. The number of amidine groups is 1. The van der Waals surface area contributed by atoms with Crippen molar-refractivity contribution in [3.63, 3.8) is 0 Å². The van der Waals surface area contributed by atoms with Crippen molar-refractivity contribution in [3.8, 4) is 0 Å². The summed E-state index contributed by atoms with van der Waals surface area (Å²) in [5.41, 5.74) is 7.09. The summed E-state index contributed by atoms with van der Waals surface area (Å²) in [6.07, 6.45) is 2.57. The lowest BCUT2D eigenvalue weighted by Gasteiger charge is -2.32. The number of nitrogens with zero attached hydrogens (tertiary/aromatic N) is 2. The van der Waals surface area contributed by atoms with Crippen molar-refractivity contribution in [2.75, 3.05) is 12.8 Å². The Morgan fingerprint density at radius 2 is 1.93 bits per heavy atom. The molecule has 0 saturated carbocycles. The molecule has 0 unspecified atom stereocenters. The van der Waals surface area contributed by atoms with Crippen LogP contribution in [0.4, 0.5) is 5.69 Å². The molecular formula is C19H23BN4O5S. The molecule has 0 atom stereocenters. The highest BCUT2D eigenvalue weighted by Gasteiger charge is 2.51. The lowest BCUT2D eigenvalue weighted by Crippen LogP contribution is -2.41. The van der Waals surface area contributed by atoms with E-state index in [4.69, 9.17) is 15.0 Å². The van der Waals surface area contributed by atoms with Crippen LogP contribution in [0.1, 0.15) is 33.3 Å². The first-order valence-electron chi connectivity index (χ1n) is 9.17. The molecule has 2 fully saturated rings. The average molecular weight is 430 g/mol. The fourth-order valence-corrected chi connectivity index (χ4v) is 3.35. The highest BCUT2D eigenvalue weighted by atomic mass is 32.2. The molecule has 0 spiro atoms. The number of hydrogen-bond acceptors (Lipinski definition) is 9. The smallest absolute Gasteiger partial charge is 0.466 e. The van der Waals surface area contributed by atoms with Crippen LogP contribution >= 0.6 is 11.8 Å². The minimum atomic E-state index is -0.621. The number of anilines is 1. The fraction of sp³-hybridized carbons (Fsp3) is 0.368. The predicted molar refractivity (Wildman–Crippen MR) is 117 cm³/mol. The van der Waals surface area contributed by atoms with Crippen LogP contribution in [0.25, 0.3) is 0 Å². The average Bonchev–Trinajstić information content (AvgIpc) is 3.11. The summed E-state index contributed by atoms with van der Waals surface area (Å²) in [4.78, 5) is 23.3. The Labute approximate surface area is 179 Å². The van der Waals surface area contributed by atoms with Gasteiger partial charge in [-0.25, -0.2) is 4.79 Å². The molecule has 3 N–H and O–H groups in total. The number of nitrogens with one attached hydrogen (secondary N) is 1. The summed E-state index contributed by atoms with van der Waals surface area (Å²) < 4.78 is 16.6. The summed E-state index contributed by atoms with van der Waals surface area (Å²) in [5, 5.41) is 10.7. The van der Waals surface area contributed by atoms with Crippen LogP contribution in [0.2, 0.25) is 0 Å². The molecule has 30 heavy (non-hydrogen) atoms. The van der Waals surface area contributed by atoms with Gasteiger partial charge in [-0.2, -0.15) is 5.10 Å². The predicted octanol–water partition coefficient (Wildman–Crippen LogP) is 1.18. The van der Waals surface area contributed by atoms with Gasteiger partial charge in [-0.05, 0) is 51.0 Å². The lowest BCUT2D eigenvalue weighted by atomic mass is 9.78. The summed E-state index contributed by atoms with van der Waals surface area (Å²) in [7, 11) is 0.711. The normalized spacial score (nSPS) is 22.8. The minimum absolute atomic E-state index is 0.179. The third-order valence-electron chi connectivity index (χ3n) is 5.08. The van der Waals surface area contributed by atoms with Crippen molar-refractivity contribution in [2.45, 2.75) is 38.9 Å². The van der Waals surface area contributed by atoms with Gasteiger partial charge in [0.05, 0.1) is 29.4 Å². The van der Waals surface area contributed by atoms with E-state index in [-0.39, 0.29) is 10.1 Å². The van der Waals surface area contributed by atoms with E-state index in [0.717, 1.165) is 23.3 Å². The number of esters is 1. The summed E-state index contributed by atoms with van der Waals surface area (Å²) >= 11 is 0.989. The van der Waals surface area contributed by atoms with Crippen LogP contribution < -0.4 is 16.5 Å². The van der Waals surface area contributed by atoms with Crippen molar-refractivity contribution in [1.82, 2.24) is 5.32 Å². The molecule has 2 heterocycles. The Balaban J connectivity index is 1.75. The van der Waals surface area contributed by atoms with Crippen molar-refractivity contribution < 1.29 is 23.6 Å². The maximum Gasteiger partial charge on any atom is 0.494 e. The Hall–Kier alpha value is -2.63. The highest BCUT2D eigenvalue weighted by molar-refractivity contribution is 8.18. The molecule has 2 saturated heterocycles. The first-order chi connectivity index (χ1) is 14.0. The molecule has 0 aromatic heterocycles. The second-order valence-electron chi connectivity index (χ2n) is 7.71. The van der Waals surface area contributed by atoms with Gasteiger partial charge in [0.1, 0.15) is 0 Å². The minimum Gasteiger partial charge on any atom is -0.466 e. The molecule has 11 heteroatoms. The molecular weight excluding hydrogens is 407 g/mol. The number of methoxy groups -OCH3 is 1. The zero-order valence-corrected chi connectivity index (χ0v) is 18.2. The van der Waals surface area contributed by atoms with Gasteiger partial charge < -0.3 is 19.8 Å². The van der Waals surface area contributed by atoms with Crippen LogP contribution in [0, 0.1) is 0 Å². The lowest BCUT2D eigenvalue weighted by molar-refractivity contribution is -0.135. The van der Waals surface area contributed by atoms with Crippen molar-refractivity contribution in [3.05, 3.63) is 34.7 Å². The number of thioether (sulfide) groups is 1. The van der Waals surface area contributed by atoms with Crippen molar-refractivity contribution in [1.29, 1.82) is 0 Å². The number of rotatable bonds is 4. The van der Waals surface area contributed by atoms with Crippen LogP contribution in [-0.2, 0) is 23.6 Å². The SMILES string of the molecule is COC(=O)/C=C1/S/C(=N\N=Cc2cc(B3OC(C)(C)C(C)(C)O3)ccc2N)NC1=O. The van der Waals surface area contributed by atoms with E-state index in [2.05, 4.69) is 20.3 Å². The number of nitrogen functional groups attached to an aromatic ring is 1. The third kappa shape index (κ3) is 4.58. The summed E-state index contributed by atoms with van der Waals surface area (Å²) in [6, 6.07) is 5.42. The van der Waals surface area contributed by atoms with E-state index in [9.17, 15) is 9.59 Å². The first-order valence-corrected chi connectivity index (χ1v) is 9.99. The van der Waals surface area contributed by atoms with Gasteiger partial charge in [0, 0.05) is 17.3 Å². The Morgan fingerprint density at radius 3 is 2.57 bits per heavy atom. The Kier molecular flexibility index (Phi) is 6.07. The number of benzene rings is 1. The van der Waals surface area contributed by atoms with Gasteiger partial charge in [0.15, 0.2) is 5.17 Å². The molecule has 1 aromatic rings. The second kappa shape index (κ2) is 8.25. The molecule has 1 amide bonds. The first kappa shape index (κ1) is 22.1. The molecule has 2 aliphatic heterocycles. The number of nitrogens with two attached hydrogens (primary N) is 1. The zero-order valence-electron chi connectivity index (χ0n) is 17.4. The molecule has 0 radical (unpaired) electrons. The Bertz CT molecular complexity index is 958. The van der Waals surface area contributed by atoms with Gasteiger partial charge in [-0.3, -0.25) is 10.1 Å². The molecule has 1 aromatic carbocycles.